The Labute approximate surface area is 93.5 Å². The molecule has 5 heteroatoms. The summed E-state index contributed by atoms with van der Waals surface area (Å²) >= 11 is 0. The lowest BCUT2D eigenvalue weighted by Gasteiger charge is -2.26. The minimum absolute atomic E-state index is 0.0845. The maximum absolute atomic E-state index is 12.6. The summed E-state index contributed by atoms with van der Waals surface area (Å²) in [6, 6.07) is 2.83. The van der Waals surface area contributed by atoms with Crippen molar-refractivity contribution in [3.63, 3.8) is 0 Å². The predicted octanol–water partition coefficient (Wildman–Crippen LogP) is 2.28. The number of carboxylic acid groups (broad SMARTS) is 1. The molecule has 1 rings (SSSR count). The molecule has 0 unspecified atom stereocenters. The van der Waals surface area contributed by atoms with Gasteiger partial charge in [0.15, 0.2) is 0 Å². The summed E-state index contributed by atoms with van der Waals surface area (Å²) in [7, 11) is 0. The van der Waals surface area contributed by atoms with E-state index < -0.39 is 11.8 Å². The van der Waals surface area contributed by atoms with Crippen molar-refractivity contribution in [1.82, 2.24) is 4.98 Å². The summed E-state index contributed by atoms with van der Waals surface area (Å²) < 4.78 is 12.6. The lowest BCUT2D eigenvalue weighted by atomic mass is 9.98. The van der Waals surface area contributed by atoms with Gasteiger partial charge in [-0.1, -0.05) is 0 Å². The van der Waals surface area contributed by atoms with Gasteiger partial charge in [-0.25, -0.2) is 9.37 Å². The van der Waals surface area contributed by atoms with Crippen molar-refractivity contribution in [3.05, 3.63) is 24.1 Å². The maximum Gasteiger partial charge on any atom is 0.303 e. The molecule has 1 aromatic heterocycles. The second kappa shape index (κ2) is 4.92. The highest BCUT2D eigenvalue weighted by Crippen LogP contribution is 2.17. The van der Waals surface area contributed by atoms with E-state index in [4.69, 9.17) is 5.11 Å². The van der Waals surface area contributed by atoms with E-state index in [9.17, 15) is 9.18 Å². The number of nitrogens with one attached hydrogen (secondary N) is 1. The van der Waals surface area contributed by atoms with Crippen LogP contribution in [0.15, 0.2) is 18.3 Å². The molecule has 0 spiro atoms. The molecule has 0 aromatic carbocycles. The van der Waals surface area contributed by atoms with Crippen LogP contribution in [0.5, 0.6) is 0 Å². The van der Waals surface area contributed by atoms with E-state index in [0.29, 0.717) is 12.2 Å². The Morgan fingerprint density at radius 2 is 2.25 bits per heavy atom. The van der Waals surface area contributed by atoms with Crippen LogP contribution in [0.4, 0.5) is 10.2 Å². The van der Waals surface area contributed by atoms with Crippen LogP contribution in [0.2, 0.25) is 0 Å². The molecule has 0 amide bonds. The molecule has 0 bridgehead atoms. The first kappa shape index (κ1) is 12.4. The minimum atomic E-state index is -0.832. The highest BCUT2D eigenvalue weighted by Gasteiger charge is 2.19. The Balaban J connectivity index is 2.57. The van der Waals surface area contributed by atoms with Gasteiger partial charge in [-0.3, -0.25) is 4.79 Å². The topological polar surface area (TPSA) is 62.2 Å². The molecule has 88 valence electrons. The molecule has 0 saturated heterocycles. The number of aromatic nitrogens is 1. The van der Waals surface area contributed by atoms with Crippen molar-refractivity contribution in [2.75, 3.05) is 5.32 Å². The van der Waals surface area contributed by atoms with E-state index in [2.05, 4.69) is 10.3 Å². The van der Waals surface area contributed by atoms with Gasteiger partial charge in [0.2, 0.25) is 0 Å². The number of nitrogens with zero attached hydrogens (tertiary/aromatic N) is 1. The minimum Gasteiger partial charge on any atom is -0.481 e. The van der Waals surface area contributed by atoms with Gasteiger partial charge in [0.1, 0.15) is 11.6 Å². The highest BCUT2D eigenvalue weighted by atomic mass is 19.1. The smallest absolute Gasteiger partial charge is 0.303 e. The van der Waals surface area contributed by atoms with Crippen molar-refractivity contribution in [1.29, 1.82) is 0 Å². The molecule has 0 aliphatic heterocycles. The Morgan fingerprint density at radius 3 is 2.75 bits per heavy atom. The number of carboxylic acids is 1. The number of hydrogen-bond acceptors (Lipinski definition) is 3. The third-order valence-corrected chi connectivity index (χ3v) is 2.16. The Hall–Kier alpha value is -1.65. The van der Waals surface area contributed by atoms with Gasteiger partial charge in [-0.2, -0.15) is 0 Å². The Kier molecular flexibility index (Phi) is 3.82. The van der Waals surface area contributed by atoms with Gasteiger partial charge in [0.05, 0.1) is 6.20 Å². The van der Waals surface area contributed by atoms with E-state index in [0.717, 1.165) is 6.20 Å². The number of pyridine rings is 1. The van der Waals surface area contributed by atoms with Crippen LogP contribution in [0.25, 0.3) is 0 Å². The SMILES string of the molecule is CC(C)(CCC(=O)O)Nc1ccc(F)cn1. The number of rotatable bonds is 5. The number of halogens is 1. The molecule has 0 aliphatic rings. The molecule has 4 nitrogen and oxygen atoms in total. The second-order valence-corrected chi connectivity index (χ2v) is 4.26. The van der Waals surface area contributed by atoms with Gasteiger partial charge in [-0.05, 0) is 32.4 Å². The fraction of sp³-hybridized carbons (Fsp3) is 0.455. The van der Waals surface area contributed by atoms with E-state index in [1.807, 2.05) is 13.8 Å². The standard InChI is InChI=1S/C11H15FN2O2/c1-11(2,6-5-10(15)16)14-9-4-3-8(12)7-13-9/h3-4,7H,5-6H2,1-2H3,(H,13,14)(H,15,16). The van der Waals surface area contributed by atoms with Crippen LogP contribution in [-0.2, 0) is 4.79 Å². The third kappa shape index (κ3) is 4.25. The zero-order valence-corrected chi connectivity index (χ0v) is 9.33. The molecule has 0 saturated carbocycles. The summed E-state index contributed by atoms with van der Waals surface area (Å²) in [6.07, 6.45) is 1.68. The molecule has 16 heavy (non-hydrogen) atoms. The first-order valence-electron chi connectivity index (χ1n) is 5.00. The molecule has 0 fully saturated rings. The normalized spacial score (nSPS) is 11.2. The predicted molar refractivity (Wildman–Crippen MR) is 58.8 cm³/mol. The van der Waals surface area contributed by atoms with Gasteiger partial charge in [-0.15, -0.1) is 0 Å². The molecule has 0 aliphatic carbocycles. The Morgan fingerprint density at radius 1 is 1.56 bits per heavy atom. The average Bonchev–Trinajstić information content (AvgIpc) is 2.19. The summed E-state index contributed by atoms with van der Waals surface area (Å²) in [5, 5.41) is 11.6. The van der Waals surface area contributed by atoms with Crippen molar-refractivity contribution in [2.24, 2.45) is 0 Å². The molecule has 1 heterocycles. The Bertz CT molecular complexity index is 363. The molecule has 0 atom stereocenters. The van der Waals surface area contributed by atoms with Gasteiger partial charge < -0.3 is 10.4 Å². The molecule has 2 N–H and O–H groups in total. The third-order valence-electron chi connectivity index (χ3n) is 2.16. The second-order valence-electron chi connectivity index (χ2n) is 4.26. The lowest BCUT2D eigenvalue weighted by Crippen LogP contribution is -2.31. The zero-order valence-electron chi connectivity index (χ0n) is 9.33. The van der Waals surface area contributed by atoms with Crippen LogP contribution >= 0.6 is 0 Å². The number of anilines is 1. The number of hydrogen-bond donors (Lipinski definition) is 2. The lowest BCUT2D eigenvalue weighted by molar-refractivity contribution is -0.137. The summed E-state index contributed by atoms with van der Waals surface area (Å²) in [5.74, 6) is -0.687. The van der Waals surface area contributed by atoms with Crippen LogP contribution in [0.3, 0.4) is 0 Å². The summed E-state index contributed by atoms with van der Waals surface area (Å²) in [4.78, 5) is 14.3. The van der Waals surface area contributed by atoms with E-state index in [1.165, 1.54) is 12.1 Å². The average molecular weight is 226 g/mol. The first-order valence-corrected chi connectivity index (χ1v) is 5.00. The monoisotopic (exact) mass is 226 g/mol. The highest BCUT2D eigenvalue weighted by molar-refractivity contribution is 5.66. The van der Waals surface area contributed by atoms with Crippen molar-refractivity contribution in [2.45, 2.75) is 32.2 Å². The van der Waals surface area contributed by atoms with Crippen molar-refractivity contribution in [3.8, 4) is 0 Å². The summed E-state index contributed by atoms with van der Waals surface area (Å²) in [5.41, 5.74) is -0.386. The van der Waals surface area contributed by atoms with Gasteiger partial charge >= 0.3 is 5.97 Å². The van der Waals surface area contributed by atoms with Crippen molar-refractivity contribution >= 4 is 11.8 Å². The van der Waals surface area contributed by atoms with Gasteiger partial charge in [0.25, 0.3) is 0 Å². The van der Waals surface area contributed by atoms with Crippen LogP contribution in [0, 0.1) is 5.82 Å². The van der Waals surface area contributed by atoms with Crippen LogP contribution < -0.4 is 5.32 Å². The molecular formula is C11H15FN2O2. The zero-order chi connectivity index (χ0) is 12.2. The maximum atomic E-state index is 12.6. The summed E-state index contributed by atoms with van der Waals surface area (Å²) in [6.45, 7) is 3.75. The molecule has 1 aromatic rings. The molecule has 0 radical (unpaired) electrons. The van der Waals surface area contributed by atoms with Crippen LogP contribution in [-0.4, -0.2) is 21.6 Å². The quantitative estimate of drug-likeness (QED) is 0.808. The largest absolute Gasteiger partial charge is 0.481 e. The fourth-order valence-corrected chi connectivity index (χ4v) is 1.28. The van der Waals surface area contributed by atoms with Crippen LogP contribution in [0.1, 0.15) is 26.7 Å². The van der Waals surface area contributed by atoms with E-state index in [-0.39, 0.29) is 12.0 Å². The fourth-order valence-electron chi connectivity index (χ4n) is 1.28. The number of aliphatic carboxylic acids is 1. The number of carbonyl (C=O) groups is 1. The van der Waals surface area contributed by atoms with E-state index in [1.54, 1.807) is 0 Å². The van der Waals surface area contributed by atoms with Crippen molar-refractivity contribution < 1.29 is 14.3 Å². The first-order chi connectivity index (χ1) is 7.39. The van der Waals surface area contributed by atoms with E-state index >= 15 is 0 Å². The van der Waals surface area contributed by atoms with Gasteiger partial charge in [0, 0.05) is 12.0 Å². The molecular weight excluding hydrogens is 211 g/mol.